The predicted octanol–water partition coefficient (Wildman–Crippen LogP) is -1.54. The molecule has 1 fully saturated rings. The van der Waals surface area contributed by atoms with Gasteiger partial charge in [-0.25, -0.2) is 9.59 Å². The van der Waals surface area contributed by atoms with Gasteiger partial charge in [-0.15, -0.1) is 0 Å². The molecule has 5 N–H and O–H groups in total. The van der Waals surface area contributed by atoms with Crippen molar-refractivity contribution in [3.63, 3.8) is 0 Å². The first-order valence-electron chi connectivity index (χ1n) is 5.90. The van der Waals surface area contributed by atoms with Crippen molar-refractivity contribution in [2.24, 2.45) is 0 Å². The van der Waals surface area contributed by atoms with Gasteiger partial charge in [-0.3, -0.25) is 35.0 Å². The molecule has 1 aliphatic heterocycles. The maximum atomic E-state index is 11.6. The van der Waals surface area contributed by atoms with Crippen LogP contribution in [0.3, 0.4) is 0 Å². The largest absolute Gasteiger partial charge is 0.494 e. The zero-order valence-corrected chi connectivity index (χ0v) is 11.1. The SMILES string of the molecule is C/C(C=C1C(=O)NC(=O)NC1=O)=C\c1c(O)[nH]c(=O)[nH]c1=O. The Hall–Kier alpha value is -3.43. The summed E-state index contributed by atoms with van der Waals surface area (Å²) in [7, 11) is 0. The van der Waals surface area contributed by atoms with E-state index in [1.807, 2.05) is 20.6 Å². The Kier molecular flexibility index (Phi) is 3.75. The van der Waals surface area contributed by atoms with Gasteiger partial charge in [-0.1, -0.05) is 0 Å². The van der Waals surface area contributed by atoms with Crippen molar-refractivity contribution in [3.8, 4) is 5.88 Å². The highest BCUT2D eigenvalue weighted by molar-refractivity contribution is 6.29. The number of hydrogen-bond donors (Lipinski definition) is 5. The fraction of sp³-hybridized carbons (Fsp3) is 0.0833. The number of aromatic nitrogens is 2. The van der Waals surface area contributed by atoms with E-state index in [1.165, 1.54) is 6.92 Å². The third-order valence-corrected chi connectivity index (χ3v) is 2.65. The highest BCUT2D eigenvalue weighted by Gasteiger charge is 2.27. The Balaban J connectivity index is 2.42. The molecule has 1 aliphatic rings. The molecule has 2 rings (SSSR count). The average molecular weight is 306 g/mol. The Morgan fingerprint density at radius 2 is 1.59 bits per heavy atom. The Morgan fingerprint density at radius 1 is 1.00 bits per heavy atom. The molecule has 10 nitrogen and oxygen atoms in total. The zero-order chi connectivity index (χ0) is 16.4. The summed E-state index contributed by atoms with van der Waals surface area (Å²) in [6.07, 6.45) is 2.29. The number of aromatic hydroxyl groups is 1. The number of rotatable bonds is 2. The fourth-order valence-electron chi connectivity index (χ4n) is 1.72. The molecule has 0 radical (unpaired) electrons. The van der Waals surface area contributed by atoms with E-state index in [-0.39, 0.29) is 16.7 Å². The number of carbonyl (C=O) groups excluding carboxylic acids is 3. The van der Waals surface area contributed by atoms with Crippen molar-refractivity contribution in [3.05, 3.63) is 43.6 Å². The minimum atomic E-state index is -0.927. The van der Waals surface area contributed by atoms with Crippen LogP contribution in [0.15, 0.2) is 26.8 Å². The molecule has 4 amide bonds. The molecule has 114 valence electrons. The molecule has 1 aromatic rings. The lowest BCUT2D eigenvalue weighted by Gasteiger charge is -2.13. The van der Waals surface area contributed by atoms with Gasteiger partial charge in [-0.2, -0.15) is 0 Å². The van der Waals surface area contributed by atoms with Crippen LogP contribution in [0.5, 0.6) is 5.88 Å². The molecule has 0 unspecified atom stereocenters. The van der Waals surface area contributed by atoms with E-state index in [0.717, 1.165) is 12.2 Å². The first-order chi connectivity index (χ1) is 10.3. The van der Waals surface area contributed by atoms with E-state index in [2.05, 4.69) is 0 Å². The number of H-pyrrole nitrogens is 2. The van der Waals surface area contributed by atoms with Crippen molar-refractivity contribution < 1.29 is 19.5 Å². The lowest BCUT2D eigenvalue weighted by Crippen LogP contribution is -2.51. The number of allylic oxidation sites excluding steroid dienone is 2. The van der Waals surface area contributed by atoms with Gasteiger partial charge < -0.3 is 5.11 Å². The second kappa shape index (κ2) is 5.52. The van der Waals surface area contributed by atoms with Crippen molar-refractivity contribution >= 4 is 23.9 Å². The Labute approximate surface area is 121 Å². The standard InChI is InChI=1S/C12H10N4O6/c1-4(2-5-7(17)13-11(21)14-8(5)18)3-6-9(19)15-12(22)16-10(6)20/h2-3H,1H3,(H2,13,14,17,18,21)(H3,15,16,19,20,22)/b4-3+. The summed E-state index contributed by atoms with van der Waals surface area (Å²) < 4.78 is 0. The summed E-state index contributed by atoms with van der Waals surface area (Å²) in [6, 6.07) is -0.927. The third-order valence-electron chi connectivity index (χ3n) is 2.65. The fourth-order valence-corrected chi connectivity index (χ4v) is 1.72. The molecule has 0 spiro atoms. The number of aromatic amines is 2. The van der Waals surface area contributed by atoms with Crippen molar-refractivity contribution in [2.75, 3.05) is 0 Å². The lowest BCUT2D eigenvalue weighted by atomic mass is 10.1. The summed E-state index contributed by atoms with van der Waals surface area (Å²) in [6.45, 7) is 1.45. The number of urea groups is 1. The predicted molar refractivity (Wildman–Crippen MR) is 72.8 cm³/mol. The molecule has 10 heteroatoms. The lowest BCUT2D eigenvalue weighted by molar-refractivity contribution is -0.124. The summed E-state index contributed by atoms with van der Waals surface area (Å²) in [5.41, 5.74) is -2.05. The third kappa shape index (κ3) is 3.00. The van der Waals surface area contributed by atoms with Crippen molar-refractivity contribution in [2.45, 2.75) is 6.92 Å². The molecule has 1 saturated heterocycles. The van der Waals surface area contributed by atoms with Crippen molar-refractivity contribution in [1.82, 2.24) is 20.6 Å². The summed E-state index contributed by atoms with van der Waals surface area (Å²) >= 11 is 0. The Bertz CT molecular complexity index is 835. The molecular weight excluding hydrogens is 296 g/mol. The van der Waals surface area contributed by atoms with E-state index in [4.69, 9.17) is 0 Å². The van der Waals surface area contributed by atoms with Crippen LogP contribution in [-0.4, -0.2) is 32.9 Å². The topological polar surface area (TPSA) is 161 Å². The summed E-state index contributed by atoms with van der Waals surface area (Å²) in [5, 5.41) is 13.3. The Morgan fingerprint density at radius 3 is 2.14 bits per heavy atom. The molecule has 0 aromatic carbocycles. The van der Waals surface area contributed by atoms with Gasteiger partial charge in [0.25, 0.3) is 17.4 Å². The molecule has 0 bridgehead atoms. The second-order valence-electron chi connectivity index (χ2n) is 4.35. The van der Waals surface area contributed by atoms with E-state index in [1.54, 1.807) is 0 Å². The number of nitrogens with one attached hydrogen (secondary N) is 4. The minimum absolute atomic E-state index is 0.248. The van der Waals surface area contributed by atoms with Gasteiger partial charge in [0.2, 0.25) is 5.88 Å². The number of barbiturate groups is 1. The molecule has 1 aromatic heterocycles. The van der Waals surface area contributed by atoms with E-state index >= 15 is 0 Å². The molecule has 0 atom stereocenters. The zero-order valence-electron chi connectivity index (χ0n) is 11.1. The van der Waals surface area contributed by atoms with Gasteiger partial charge in [0.05, 0.1) is 0 Å². The number of amides is 4. The molecule has 22 heavy (non-hydrogen) atoms. The quantitative estimate of drug-likeness (QED) is 0.329. The van der Waals surface area contributed by atoms with Gasteiger partial charge in [0.1, 0.15) is 11.1 Å². The number of imide groups is 2. The van der Waals surface area contributed by atoms with E-state index < -0.39 is 35.0 Å². The smallest absolute Gasteiger partial charge is 0.328 e. The van der Waals surface area contributed by atoms with Crippen LogP contribution in [0.1, 0.15) is 12.5 Å². The van der Waals surface area contributed by atoms with Crippen molar-refractivity contribution in [1.29, 1.82) is 0 Å². The molecular formula is C12H10N4O6. The first kappa shape index (κ1) is 15.0. The van der Waals surface area contributed by atoms with Gasteiger partial charge >= 0.3 is 11.7 Å². The van der Waals surface area contributed by atoms with E-state index in [9.17, 15) is 29.1 Å². The van der Waals surface area contributed by atoms with Crippen LogP contribution >= 0.6 is 0 Å². The van der Waals surface area contributed by atoms with Gasteiger partial charge in [-0.05, 0) is 24.6 Å². The monoisotopic (exact) mass is 306 g/mol. The minimum Gasteiger partial charge on any atom is -0.494 e. The maximum absolute atomic E-state index is 11.6. The number of hydrogen-bond acceptors (Lipinski definition) is 6. The molecule has 0 saturated carbocycles. The number of carbonyl (C=O) groups is 3. The summed E-state index contributed by atoms with van der Waals surface area (Å²) in [5.74, 6) is -2.43. The van der Waals surface area contributed by atoms with Crippen LogP contribution in [0.2, 0.25) is 0 Å². The summed E-state index contributed by atoms with van der Waals surface area (Å²) in [4.78, 5) is 60.4. The average Bonchev–Trinajstić information content (AvgIpc) is 2.38. The van der Waals surface area contributed by atoms with Crippen LogP contribution in [0.25, 0.3) is 6.08 Å². The first-order valence-corrected chi connectivity index (χ1v) is 5.90. The van der Waals surface area contributed by atoms with Gasteiger partial charge in [0.15, 0.2) is 0 Å². The van der Waals surface area contributed by atoms with Gasteiger partial charge in [0, 0.05) is 0 Å². The second-order valence-corrected chi connectivity index (χ2v) is 4.35. The van der Waals surface area contributed by atoms with Crippen LogP contribution < -0.4 is 21.9 Å². The van der Waals surface area contributed by atoms with E-state index in [0.29, 0.717) is 0 Å². The highest BCUT2D eigenvalue weighted by atomic mass is 16.3. The highest BCUT2D eigenvalue weighted by Crippen LogP contribution is 2.13. The normalized spacial score (nSPS) is 15.4. The molecule has 0 aliphatic carbocycles. The maximum Gasteiger partial charge on any atom is 0.328 e. The van der Waals surface area contributed by atoms with Crippen LogP contribution in [0, 0.1) is 0 Å². The van der Waals surface area contributed by atoms with Crippen LogP contribution in [0.4, 0.5) is 4.79 Å². The molecule has 2 heterocycles. The van der Waals surface area contributed by atoms with Crippen LogP contribution in [-0.2, 0) is 9.59 Å².